The van der Waals surface area contributed by atoms with Crippen molar-refractivity contribution in [2.75, 3.05) is 17.2 Å². The van der Waals surface area contributed by atoms with Gasteiger partial charge in [0.2, 0.25) is 5.91 Å². The topological polar surface area (TPSA) is 41.1 Å². The van der Waals surface area contributed by atoms with Gasteiger partial charge in [0, 0.05) is 19.1 Å². The Morgan fingerprint density at radius 3 is 2.30 bits per heavy atom. The summed E-state index contributed by atoms with van der Waals surface area (Å²) in [5.74, 6) is -0.106. The molecule has 0 radical (unpaired) electrons. The van der Waals surface area contributed by atoms with Gasteiger partial charge in [-0.1, -0.05) is 28.1 Å². The largest absolute Gasteiger partial charge is 0.374 e. The summed E-state index contributed by atoms with van der Waals surface area (Å²) in [5, 5.41) is 5.93. The van der Waals surface area contributed by atoms with Crippen molar-refractivity contribution in [3.8, 4) is 0 Å². The highest BCUT2D eigenvalue weighted by atomic mass is 79.9. The average Bonchev–Trinajstić information content (AvgIpc) is 2.38. The summed E-state index contributed by atoms with van der Waals surface area (Å²) in [4.78, 5) is 11.9. The number of para-hydroxylation sites is 1. The Labute approximate surface area is 142 Å². The number of nitrogens with one attached hydrogen (secondary N) is 2. The van der Waals surface area contributed by atoms with Gasteiger partial charge in [-0.05, 0) is 62.2 Å². The molecule has 0 aliphatic carbocycles. The molecule has 3 nitrogen and oxygen atoms in total. The van der Waals surface area contributed by atoms with Crippen molar-refractivity contribution >= 4 is 65.1 Å². The van der Waals surface area contributed by atoms with Crippen LogP contribution in [0.2, 0.25) is 0 Å². The van der Waals surface area contributed by atoms with E-state index in [0.29, 0.717) is 0 Å². The number of benzene rings is 2. The third kappa shape index (κ3) is 4.33. The van der Waals surface area contributed by atoms with E-state index in [4.69, 9.17) is 0 Å². The smallest absolute Gasteiger partial charge is 0.243 e. The molecule has 0 saturated heterocycles. The van der Waals surface area contributed by atoms with E-state index in [2.05, 4.69) is 58.4 Å². The number of anilines is 2. The number of hydrogen-bond donors (Lipinski definition) is 2. The lowest BCUT2D eigenvalue weighted by Gasteiger charge is -2.11. The summed E-state index contributed by atoms with van der Waals surface area (Å²) in [7, 11) is 0. The lowest BCUT2D eigenvalue weighted by molar-refractivity contribution is -0.114. The first-order valence-corrected chi connectivity index (χ1v) is 8.17. The van der Waals surface area contributed by atoms with Crippen molar-refractivity contribution in [2.45, 2.75) is 0 Å². The van der Waals surface area contributed by atoms with Gasteiger partial charge in [0.1, 0.15) is 0 Å². The first-order chi connectivity index (χ1) is 9.56. The highest BCUT2D eigenvalue weighted by Crippen LogP contribution is 2.30. The molecule has 104 valence electrons. The molecular weight excluding hydrogens is 452 g/mol. The van der Waals surface area contributed by atoms with Crippen LogP contribution in [0, 0.1) is 0 Å². The molecular formula is C14H11Br3N2O. The number of hydrogen-bond acceptors (Lipinski definition) is 2. The van der Waals surface area contributed by atoms with Crippen LogP contribution >= 0.6 is 47.8 Å². The fourth-order valence-electron chi connectivity index (χ4n) is 1.61. The fourth-order valence-corrected chi connectivity index (χ4v) is 3.28. The Hall–Kier alpha value is -0.850. The summed E-state index contributed by atoms with van der Waals surface area (Å²) in [5.41, 5.74) is 1.62. The highest BCUT2D eigenvalue weighted by molar-refractivity contribution is 9.11. The summed E-state index contributed by atoms with van der Waals surface area (Å²) in [6.07, 6.45) is 0. The molecule has 2 aromatic rings. The van der Waals surface area contributed by atoms with Crippen LogP contribution in [0.25, 0.3) is 0 Å². The Balaban J connectivity index is 1.96. The van der Waals surface area contributed by atoms with Crippen LogP contribution in [0.5, 0.6) is 0 Å². The van der Waals surface area contributed by atoms with E-state index in [1.807, 2.05) is 42.5 Å². The Bertz CT molecular complexity index is 611. The Morgan fingerprint density at radius 2 is 1.65 bits per heavy atom. The lowest BCUT2D eigenvalue weighted by atomic mass is 10.3. The van der Waals surface area contributed by atoms with Gasteiger partial charge in [-0.25, -0.2) is 0 Å². The van der Waals surface area contributed by atoms with E-state index in [-0.39, 0.29) is 12.5 Å². The second-order valence-corrected chi connectivity index (χ2v) is 6.63. The van der Waals surface area contributed by atoms with E-state index in [0.717, 1.165) is 24.8 Å². The predicted molar refractivity (Wildman–Crippen MR) is 93.1 cm³/mol. The van der Waals surface area contributed by atoms with E-state index >= 15 is 0 Å². The van der Waals surface area contributed by atoms with Gasteiger partial charge in [-0.15, -0.1) is 0 Å². The van der Waals surface area contributed by atoms with Gasteiger partial charge in [0.05, 0.1) is 12.2 Å². The molecule has 0 atom stereocenters. The summed E-state index contributed by atoms with van der Waals surface area (Å²) < 4.78 is 2.74. The van der Waals surface area contributed by atoms with Crippen molar-refractivity contribution < 1.29 is 4.79 Å². The van der Waals surface area contributed by atoms with Crippen LogP contribution < -0.4 is 10.6 Å². The van der Waals surface area contributed by atoms with Gasteiger partial charge in [0.25, 0.3) is 0 Å². The monoisotopic (exact) mass is 460 g/mol. The lowest BCUT2D eigenvalue weighted by Crippen LogP contribution is -2.22. The van der Waals surface area contributed by atoms with Gasteiger partial charge in [0.15, 0.2) is 0 Å². The van der Waals surface area contributed by atoms with Crippen molar-refractivity contribution in [1.29, 1.82) is 0 Å². The van der Waals surface area contributed by atoms with E-state index in [9.17, 15) is 4.79 Å². The minimum atomic E-state index is -0.106. The van der Waals surface area contributed by atoms with Crippen molar-refractivity contribution in [3.05, 3.63) is 55.9 Å². The van der Waals surface area contributed by atoms with Gasteiger partial charge >= 0.3 is 0 Å². The zero-order chi connectivity index (χ0) is 14.5. The number of rotatable bonds is 4. The zero-order valence-electron chi connectivity index (χ0n) is 10.3. The third-order valence-corrected chi connectivity index (χ3v) is 4.31. The number of halogens is 3. The Kier molecular flexibility index (Phi) is 5.63. The van der Waals surface area contributed by atoms with Crippen LogP contribution in [0.15, 0.2) is 55.9 Å². The maximum absolute atomic E-state index is 11.9. The Morgan fingerprint density at radius 1 is 1.00 bits per heavy atom. The predicted octanol–water partition coefficient (Wildman–Crippen LogP) is 5.02. The molecule has 0 saturated carbocycles. The molecule has 0 aliphatic rings. The zero-order valence-corrected chi connectivity index (χ0v) is 15.0. The molecule has 0 spiro atoms. The maximum atomic E-state index is 11.9. The van der Waals surface area contributed by atoms with Gasteiger partial charge in [-0.2, -0.15) is 0 Å². The molecule has 2 rings (SSSR count). The molecule has 2 N–H and O–H groups in total. The second kappa shape index (κ2) is 7.24. The summed E-state index contributed by atoms with van der Waals surface area (Å²) in [6, 6.07) is 13.2. The van der Waals surface area contributed by atoms with Crippen LogP contribution in [-0.2, 0) is 4.79 Å². The maximum Gasteiger partial charge on any atom is 0.243 e. The van der Waals surface area contributed by atoms with Crippen LogP contribution in [0.4, 0.5) is 11.4 Å². The molecule has 0 bridgehead atoms. The van der Waals surface area contributed by atoms with E-state index < -0.39 is 0 Å². The van der Waals surface area contributed by atoms with Crippen molar-refractivity contribution in [3.63, 3.8) is 0 Å². The number of carbonyl (C=O) groups excluding carboxylic acids is 1. The standard InChI is InChI=1S/C14H11Br3N2O/c15-9-3-1-4-10(7-9)19-13(20)8-18-14-11(16)5-2-6-12(14)17/h1-7,18H,8H2,(H,19,20). The first-order valence-electron chi connectivity index (χ1n) is 5.79. The average molecular weight is 463 g/mol. The fraction of sp³-hybridized carbons (Fsp3) is 0.0714. The first kappa shape index (κ1) is 15.5. The van der Waals surface area contributed by atoms with Crippen LogP contribution in [0.1, 0.15) is 0 Å². The van der Waals surface area contributed by atoms with Gasteiger partial charge in [-0.3, -0.25) is 4.79 Å². The van der Waals surface area contributed by atoms with E-state index in [1.54, 1.807) is 0 Å². The molecule has 0 fully saturated rings. The summed E-state index contributed by atoms with van der Waals surface area (Å²) >= 11 is 10.3. The molecule has 6 heteroatoms. The second-order valence-electron chi connectivity index (χ2n) is 4.01. The number of carbonyl (C=O) groups is 1. The van der Waals surface area contributed by atoms with Crippen molar-refractivity contribution in [1.82, 2.24) is 0 Å². The normalized spacial score (nSPS) is 10.2. The van der Waals surface area contributed by atoms with Gasteiger partial charge < -0.3 is 10.6 Å². The van der Waals surface area contributed by atoms with Crippen LogP contribution in [0.3, 0.4) is 0 Å². The minimum Gasteiger partial charge on any atom is -0.374 e. The quantitative estimate of drug-likeness (QED) is 0.669. The molecule has 0 heterocycles. The third-order valence-electron chi connectivity index (χ3n) is 2.50. The number of amides is 1. The molecule has 0 unspecified atom stereocenters. The molecule has 1 amide bonds. The minimum absolute atomic E-state index is 0.106. The van der Waals surface area contributed by atoms with E-state index in [1.165, 1.54) is 0 Å². The SMILES string of the molecule is O=C(CNc1c(Br)cccc1Br)Nc1cccc(Br)c1. The van der Waals surface area contributed by atoms with Crippen molar-refractivity contribution in [2.24, 2.45) is 0 Å². The van der Waals surface area contributed by atoms with Crippen LogP contribution in [-0.4, -0.2) is 12.5 Å². The molecule has 0 aliphatic heterocycles. The highest BCUT2D eigenvalue weighted by Gasteiger charge is 2.07. The summed E-state index contributed by atoms with van der Waals surface area (Å²) in [6.45, 7) is 0.188. The molecule has 0 aromatic heterocycles. The molecule has 20 heavy (non-hydrogen) atoms. The molecule has 2 aromatic carbocycles.